The monoisotopic (exact) mass is 256 g/mol. The quantitative estimate of drug-likeness (QED) is 0.720. The average Bonchev–Trinajstić information content (AvgIpc) is 2.76. The minimum Gasteiger partial charge on any atom is -0.396 e. The Balaban J connectivity index is 2.35. The number of likely N-dealkylation sites (tertiary alicyclic amines) is 1. The molecular formula is C14H28N2O2. The van der Waals surface area contributed by atoms with Crippen molar-refractivity contribution in [1.29, 1.82) is 0 Å². The molecule has 0 radical (unpaired) electrons. The van der Waals surface area contributed by atoms with Crippen molar-refractivity contribution in [2.24, 2.45) is 11.8 Å². The molecule has 0 bridgehead atoms. The normalized spacial score (nSPS) is 22.4. The number of aliphatic hydroxyl groups excluding tert-OH is 1. The zero-order valence-corrected chi connectivity index (χ0v) is 12.0. The van der Waals surface area contributed by atoms with Gasteiger partial charge in [0.1, 0.15) is 0 Å². The van der Waals surface area contributed by atoms with Gasteiger partial charge in [0.2, 0.25) is 5.91 Å². The molecule has 0 aliphatic carbocycles. The van der Waals surface area contributed by atoms with E-state index in [1.54, 1.807) is 0 Å². The number of amides is 1. The van der Waals surface area contributed by atoms with Crippen molar-refractivity contribution in [2.75, 3.05) is 26.2 Å². The highest BCUT2D eigenvalue weighted by molar-refractivity contribution is 5.79. The summed E-state index contributed by atoms with van der Waals surface area (Å²) in [6.07, 6.45) is 2.51. The smallest absolute Gasteiger partial charge is 0.224 e. The number of carbonyl (C=O) groups is 1. The molecule has 2 atom stereocenters. The second-order valence-electron chi connectivity index (χ2n) is 5.77. The molecule has 0 aromatic heterocycles. The molecule has 1 amide bonds. The Labute approximate surface area is 111 Å². The Kier molecular flexibility index (Phi) is 6.65. The van der Waals surface area contributed by atoms with E-state index < -0.39 is 0 Å². The molecule has 1 saturated heterocycles. The third-order valence-electron chi connectivity index (χ3n) is 3.58. The summed E-state index contributed by atoms with van der Waals surface area (Å²) in [4.78, 5) is 14.5. The van der Waals surface area contributed by atoms with Crippen molar-refractivity contribution >= 4 is 5.91 Å². The molecule has 2 unspecified atom stereocenters. The molecule has 4 heteroatoms. The Hall–Kier alpha value is -0.610. The van der Waals surface area contributed by atoms with E-state index in [9.17, 15) is 4.79 Å². The number of nitrogens with one attached hydrogen (secondary N) is 1. The van der Waals surface area contributed by atoms with Crippen LogP contribution in [-0.4, -0.2) is 48.2 Å². The van der Waals surface area contributed by atoms with Gasteiger partial charge in [-0.2, -0.15) is 0 Å². The molecule has 1 aliphatic heterocycles. The van der Waals surface area contributed by atoms with Gasteiger partial charge in [-0.25, -0.2) is 0 Å². The van der Waals surface area contributed by atoms with Crippen LogP contribution in [0.2, 0.25) is 0 Å². The van der Waals surface area contributed by atoms with Crippen LogP contribution >= 0.6 is 0 Å². The maximum Gasteiger partial charge on any atom is 0.224 e. The molecule has 0 saturated carbocycles. The zero-order chi connectivity index (χ0) is 13.5. The van der Waals surface area contributed by atoms with Gasteiger partial charge in [-0.1, -0.05) is 20.8 Å². The molecule has 1 fully saturated rings. The third-order valence-corrected chi connectivity index (χ3v) is 3.58. The predicted molar refractivity (Wildman–Crippen MR) is 73.3 cm³/mol. The Morgan fingerprint density at radius 1 is 1.50 bits per heavy atom. The van der Waals surface area contributed by atoms with Crippen molar-refractivity contribution in [3.63, 3.8) is 0 Å². The van der Waals surface area contributed by atoms with Gasteiger partial charge in [-0.3, -0.25) is 4.79 Å². The summed E-state index contributed by atoms with van der Waals surface area (Å²) >= 11 is 0. The van der Waals surface area contributed by atoms with Crippen LogP contribution in [0, 0.1) is 11.8 Å². The van der Waals surface area contributed by atoms with Gasteiger partial charge in [-0.15, -0.1) is 0 Å². The highest BCUT2D eigenvalue weighted by Crippen LogP contribution is 2.18. The van der Waals surface area contributed by atoms with Crippen molar-refractivity contribution < 1.29 is 9.90 Å². The Bertz CT molecular complexity index is 256. The zero-order valence-electron chi connectivity index (χ0n) is 12.0. The summed E-state index contributed by atoms with van der Waals surface area (Å²) in [5, 5.41) is 12.0. The SMILES string of the molecule is CCC(CCO)NC(=O)C1CCN(CC(C)C)C1. The number of hydrogen-bond acceptors (Lipinski definition) is 3. The summed E-state index contributed by atoms with van der Waals surface area (Å²) in [7, 11) is 0. The molecule has 2 N–H and O–H groups in total. The average molecular weight is 256 g/mol. The highest BCUT2D eigenvalue weighted by Gasteiger charge is 2.29. The first-order valence-electron chi connectivity index (χ1n) is 7.20. The Morgan fingerprint density at radius 2 is 2.22 bits per heavy atom. The lowest BCUT2D eigenvalue weighted by Gasteiger charge is -2.20. The van der Waals surface area contributed by atoms with Crippen molar-refractivity contribution in [3.05, 3.63) is 0 Å². The van der Waals surface area contributed by atoms with E-state index in [4.69, 9.17) is 5.11 Å². The first-order chi connectivity index (χ1) is 8.56. The predicted octanol–water partition coefficient (Wildman–Crippen LogP) is 1.24. The van der Waals surface area contributed by atoms with E-state index >= 15 is 0 Å². The van der Waals surface area contributed by atoms with Crippen LogP contribution in [0.4, 0.5) is 0 Å². The molecule has 0 aromatic rings. The molecule has 0 spiro atoms. The molecule has 106 valence electrons. The number of hydrogen-bond donors (Lipinski definition) is 2. The first-order valence-corrected chi connectivity index (χ1v) is 7.20. The van der Waals surface area contributed by atoms with Gasteiger partial charge in [-0.05, 0) is 31.7 Å². The van der Waals surface area contributed by atoms with E-state index in [0.717, 1.165) is 32.5 Å². The van der Waals surface area contributed by atoms with Crippen LogP contribution in [0.5, 0.6) is 0 Å². The fourth-order valence-electron chi connectivity index (χ4n) is 2.58. The van der Waals surface area contributed by atoms with Gasteiger partial charge < -0.3 is 15.3 Å². The maximum absolute atomic E-state index is 12.1. The molecule has 4 nitrogen and oxygen atoms in total. The molecule has 18 heavy (non-hydrogen) atoms. The van der Waals surface area contributed by atoms with E-state index in [1.165, 1.54) is 0 Å². The lowest BCUT2D eigenvalue weighted by Crippen LogP contribution is -2.40. The molecule has 1 aliphatic rings. The van der Waals surface area contributed by atoms with Crippen molar-refractivity contribution in [2.45, 2.75) is 46.1 Å². The van der Waals surface area contributed by atoms with Crippen molar-refractivity contribution in [3.8, 4) is 0 Å². The summed E-state index contributed by atoms with van der Waals surface area (Å²) in [5.41, 5.74) is 0. The number of nitrogens with zero attached hydrogens (tertiary/aromatic N) is 1. The topological polar surface area (TPSA) is 52.6 Å². The molecule has 1 rings (SSSR count). The van der Waals surface area contributed by atoms with Crippen molar-refractivity contribution in [1.82, 2.24) is 10.2 Å². The Morgan fingerprint density at radius 3 is 2.78 bits per heavy atom. The molecular weight excluding hydrogens is 228 g/mol. The minimum absolute atomic E-state index is 0.127. The van der Waals surface area contributed by atoms with Crippen LogP contribution in [-0.2, 0) is 4.79 Å². The third kappa shape index (κ3) is 4.94. The highest BCUT2D eigenvalue weighted by atomic mass is 16.3. The van der Waals surface area contributed by atoms with Gasteiger partial charge in [0, 0.05) is 25.7 Å². The van der Waals surface area contributed by atoms with Gasteiger partial charge in [0.05, 0.1) is 5.92 Å². The summed E-state index contributed by atoms with van der Waals surface area (Å²) in [6, 6.07) is 0.127. The summed E-state index contributed by atoms with van der Waals surface area (Å²) in [6.45, 7) is 9.61. The second-order valence-corrected chi connectivity index (χ2v) is 5.77. The molecule has 0 aromatic carbocycles. The second kappa shape index (κ2) is 7.74. The summed E-state index contributed by atoms with van der Waals surface area (Å²) in [5.74, 6) is 0.961. The van der Waals surface area contributed by atoms with Gasteiger partial charge in [0.15, 0.2) is 0 Å². The van der Waals surface area contributed by atoms with E-state index in [-0.39, 0.29) is 24.5 Å². The van der Waals surface area contributed by atoms with Crippen LogP contribution in [0.15, 0.2) is 0 Å². The number of rotatable bonds is 7. The van der Waals surface area contributed by atoms with Crippen LogP contribution in [0.1, 0.15) is 40.0 Å². The van der Waals surface area contributed by atoms with E-state index in [1.807, 2.05) is 6.92 Å². The first kappa shape index (κ1) is 15.4. The summed E-state index contributed by atoms with van der Waals surface area (Å²) < 4.78 is 0. The minimum atomic E-state index is 0.127. The fraction of sp³-hybridized carbons (Fsp3) is 0.929. The fourth-order valence-corrected chi connectivity index (χ4v) is 2.58. The molecule has 1 heterocycles. The lowest BCUT2D eigenvalue weighted by molar-refractivity contribution is -0.125. The van der Waals surface area contributed by atoms with Crippen LogP contribution < -0.4 is 5.32 Å². The van der Waals surface area contributed by atoms with Gasteiger partial charge >= 0.3 is 0 Å². The number of carbonyl (C=O) groups excluding carboxylic acids is 1. The van der Waals surface area contributed by atoms with E-state index in [0.29, 0.717) is 12.3 Å². The standard InChI is InChI=1S/C14H28N2O2/c1-4-13(6-8-17)15-14(18)12-5-7-16(10-12)9-11(2)3/h11-13,17H,4-10H2,1-3H3,(H,15,18). The number of aliphatic hydroxyl groups is 1. The van der Waals surface area contributed by atoms with Crippen LogP contribution in [0.25, 0.3) is 0 Å². The lowest BCUT2D eigenvalue weighted by atomic mass is 10.1. The van der Waals surface area contributed by atoms with E-state index in [2.05, 4.69) is 24.1 Å². The maximum atomic E-state index is 12.1. The van der Waals surface area contributed by atoms with Crippen LogP contribution in [0.3, 0.4) is 0 Å². The largest absolute Gasteiger partial charge is 0.396 e. The van der Waals surface area contributed by atoms with Gasteiger partial charge in [0.25, 0.3) is 0 Å².